The molecular weight excluding hydrogens is 236 g/mol. The predicted molar refractivity (Wildman–Crippen MR) is 79.5 cm³/mol. The van der Waals surface area contributed by atoms with Crippen LogP contribution in [-0.2, 0) is 0 Å². The summed E-state index contributed by atoms with van der Waals surface area (Å²) in [6.45, 7) is 9.71. The molecule has 0 radical (unpaired) electrons. The maximum absolute atomic E-state index is 4.34. The van der Waals surface area contributed by atoms with Gasteiger partial charge in [0, 0.05) is 19.1 Å². The lowest BCUT2D eigenvalue weighted by molar-refractivity contribution is 0.419. The number of nitrogens with zero attached hydrogens (tertiary/aromatic N) is 3. The summed E-state index contributed by atoms with van der Waals surface area (Å²) in [5.41, 5.74) is 0.982. The minimum Gasteiger partial charge on any atom is -0.351 e. The second kappa shape index (κ2) is 6.85. The summed E-state index contributed by atoms with van der Waals surface area (Å²) in [5, 5.41) is 12.1. The fourth-order valence-corrected chi connectivity index (χ4v) is 2.60. The summed E-state index contributed by atoms with van der Waals surface area (Å²) >= 11 is 0. The first-order valence-corrected chi connectivity index (χ1v) is 7.44. The number of aryl methyl sites for hydroxylation is 1. The quantitative estimate of drug-likeness (QED) is 0.884. The first kappa shape index (κ1) is 14.3. The van der Waals surface area contributed by atoms with E-state index in [4.69, 9.17) is 0 Å². The number of hydrogen-bond acceptors (Lipinski definition) is 4. The number of aromatic nitrogens is 2. The molecule has 4 nitrogen and oxygen atoms in total. The predicted octanol–water partition coefficient (Wildman–Crippen LogP) is 2.39. The minimum absolute atomic E-state index is 0.560. The zero-order valence-electron chi connectivity index (χ0n) is 12.4. The summed E-state index contributed by atoms with van der Waals surface area (Å²) in [7, 11) is 0. The number of nitrogens with one attached hydrogen (secondary N) is 1. The Kier molecular flexibility index (Phi) is 5.14. The Labute approximate surface area is 116 Å². The maximum Gasteiger partial charge on any atom is 0.151 e. The highest BCUT2D eigenvalue weighted by Gasteiger charge is 2.23. The van der Waals surface area contributed by atoms with Gasteiger partial charge in [0.25, 0.3) is 0 Å². The molecule has 1 saturated heterocycles. The van der Waals surface area contributed by atoms with Gasteiger partial charge >= 0.3 is 0 Å². The van der Waals surface area contributed by atoms with Crippen LogP contribution in [-0.4, -0.2) is 35.9 Å². The van der Waals surface area contributed by atoms with Gasteiger partial charge in [-0.1, -0.05) is 13.8 Å². The Morgan fingerprint density at radius 2 is 2.16 bits per heavy atom. The van der Waals surface area contributed by atoms with Crippen LogP contribution in [0, 0.1) is 12.8 Å². The van der Waals surface area contributed by atoms with Crippen molar-refractivity contribution in [1.82, 2.24) is 15.5 Å². The van der Waals surface area contributed by atoms with Gasteiger partial charge in [0.05, 0.1) is 5.69 Å². The van der Waals surface area contributed by atoms with E-state index in [0.717, 1.165) is 31.1 Å². The third-order valence-corrected chi connectivity index (χ3v) is 3.64. The van der Waals surface area contributed by atoms with Crippen LogP contribution in [0.3, 0.4) is 0 Å². The molecular formula is C15H26N4. The van der Waals surface area contributed by atoms with Gasteiger partial charge in [-0.3, -0.25) is 0 Å². The van der Waals surface area contributed by atoms with Crippen LogP contribution in [0.1, 0.15) is 38.8 Å². The van der Waals surface area contributed by atoms with Crippen LogP contribution in [0.5, 0.6) is 0 Å². The summed E-state index contributed by atoms with van der Waals surface area (Å²) in [6, 6.07) is 4.71. The number of piperidine rings is 1. The Balaban J connectivity index is 1.97. The van der Waals surface area contributed by atoms with E-state index >= 15 is 0 Å². The summed E-state index contributed by atoms with van der Waals surface area (Å²) in [4.78, 5) is 2.42. The smallest absolute Gasteiger partial charge is 0.151 e. The van der Waals surface area contributed by atoms with Crippen molar-refractivity contribution in [2.45, 2.75) is 46.1 Å². The van der Waals surface area contributed by atoms with Gasteiger partial charge in [0.15, 0.2) is 5.82 Å². The van der Waals surface area contributed by atoms with E-state index in [0.29, 0.717) is 12.0 Å². The highest BCUT2D eigenvalue weighted by molar-refractivity contribution is 5.39. The fourth-order valence-electron chi connectivity index (χ4n) is 2.60. The summed E-state index contributed by atoms with van der Waals surface area (Å²) < 4.78 is 0. The standard InChI is InChI=1S/C15H26N4/c1-12(2)10-16-11-14-6-4-5-9-19(14)15-8-7-13(3)17-18-15/h7-8,12,14,16H,4-6,9-11H2,1-3H3. The van der Waals surface area contributed by atoms with Crippen molar-refractivity contribution < 1.29 is 0 Å². The van der Waals surface area contributed by atoms with Gasteiger partial charge in [-0.05, 0) is 50.8 Å². The zero-order valence-corrected chi connectivity index (χ0v) is 12.4. The van der Waals surface area contributed by atoms with Gasteiger partial charge in [-0.15, -0.1) is 5.10 Å². The molecule has 19 heavy (non-hydrogen) atoms. The SMILES string of the molecule is Cc1ccc(N2CCCCC2CNCC(C)C)nn1. The molecule has 1 aromatic rings. The maximum atomic E-state index is 4.34. The molecule has 0 saturated carbocycles. The number of anilines is 1. The van der Waals surface area contributed by atoms with Gasteiger partial charge in [0.2, 0.25) is 0 Å². The van der Waals surface area contributed by atoms with Crippen molar-refractivity contribution in [3.05, 3.63) is 17.8 Å². The van der Waals surface area contributed by atoms with Crippen LogP contribution in [0.4, 0.5) is 5.82 Å². The molecule has 106 valence electrons. The number of rotatable bonds is 5. The van der Waals surface area contributed by atoms with E-state index in [1.165, 1.54) is 19.3 Å². The largest absolute Gasteiger partial charge is 0.351 e. The van der Waals surface area contributed by atoms with E-state index in [9.17, 15) is 0 Å². The topological polar surface area (TPSA) is 41.0 Å². The molecule has 1 fully saturated rings. The third kappa shape index (κ3) is 4.16. The molecule has 4 heteroatoms. The van der Waals surface area contributed by atoms with Crippen molar-refractivity contribution in [3.63, 3.8) is 0 Å². The molecule has 0 aromatic carbocycles. The van der Waals surface area contributed by atoms with E-state index in [-0.39, 0.29) is 0 Å². The molecule has 0 spiro atoms. The van der Waals surface area contributed by atoms with E-state index < -0.39 is 0 Å². The van der Waals surface area contributed by atoms with Gasteiger partial charge in [-0.25, -0.2) is 0 Å². The third-order valence-electron chi connectivity index (χ3n) is 3.64. The lowest BCUT2D eigenvalue weighted by atomic mass is 10.0. The van der Waals surface area contributed by atoms with E-state index in [1.54, 1.807) is 0 Å². The first-order chi connectivity index (χ1) is 9.16. The highest BCUT2D eigenvalue weighted by atomic mass is 15.3. The second-order valence-electron chi connectivity index (χ2n) is 5.93. The Hall–Kier alpha value is -1.16. The van der Waals surface area contributed by atoms with Gasteiger partial charge in [-0.2, -0.15) is 5.10 Å². The molecule has 2 heterocycles. The molecule has 1 N–H and O–H groups in total. The fraction of sp³-hybridized carbons (Fsp3) is 0.733. The van der Waals surface area contributed by atoms with Crippen LogP contribution in [0.2, 0.25) is 0 Å². The molecule has 0 aliphatic carbocycles. The van der Waals surface area contributed by atoms with E-state index in [1.807, 2.05) is 6.92 Å². The minimum atomic E-state index is 0.560. The van der Waals surface area contributed by atoms with Gasteiger partial charge < -0.3 is 10.2 Å². The zero-order chi connectivity index (χ0) is 13.7. The monoisotopic (exact) mass is 262 g/mol. The molecule has 1 atom stereocenters. The van der Waals surface area contributed by atoms with Crippen molar-refractivity contribution in [2.75, 3.05) is 24.5 Å². The lowest BCUT2D eigenvalue weighted by Crippen LogP contribution is -2.46. The summed E-state index contributed by atoms with van der Waals surface area (Å²) in [6.07, 6.45) is 3.83. The average Bonchev–Trinajstić information content (AvgIpc) is 2.40. The molecule has 1 aliphatic rings. The number of hydrogen-bond donors (Lipinski definition) is 1. The van der Waals surface area contributed by atoms with Gasteiger partial charge in [0.1, 0.15) is 0 Å². The molecule has 1 aliphatic heterocycles. The van der Waals surface area contributed by atoms with Crippen LogP contribution < -0.4 is 10.2 Å². The first-order valence-electron chi connectivity index (χ1n) is 7.44. The van der Waals surface area contributed by atoms with Crippen LogP contribution in [0.15, 0.2) is 12.1 Å². The van der Waals surface area contributed by atoms with Crippen LogP contribution >= 0.6 is 0 Å². The van der Waals surface area contributed by atoms with E-state index in [2.05, 4.69) is 46.4 Å². The second-order valence-corrected chi connectivity index (χ2v) is 5.93. The summed E-state index contributed by atoms with van der Waals surface area (Å²) in [5.74, 6) is 1.73. The lowest BCUT2D eigenvalue weighted by Gasteiger charge is -2.36. The Bertz CT molecular complexity index is 374. The molecule has 1 aromatic heterocycles. The van der Waals surface area contributed by atoms with Crippen molar-refractivity contribution in [3.8, 4) is 0 Å². The molecule has 0 amide bonds. The highest BCUT2D eigenvalue weighted by Crippen LogP contribution is 2.22. The Morgan fingerprint density at radius 3 is 2.84 bits per heavy atom. The normalized spacial score (nSPS) is 20.0. The molecule has 1 unspecified atom stereocenters. The average molecular weight is 262 g/mol. The molecule has 0 bridgehead atoms. The van der Waals surface area contributed by atoms with Crippen molar-refractivity contribution >= 4 is 5.82 Å². The van der Waals surface area contributed by atoms with Crippen molar-refractivity contribution in [2.24, 2.45) is 5.92 Å². The Morgan fingerprint density at radius 1 is 1.32 bits per heavy atom. The van der Waals surface area contributed by atoms with Crippen LogP contribution in [0.25, 0.3) is 0 Å². The molecule has 2 rings (SSSR count). The van der Waals surface area contributed by atoms with Crippen molar-refractivity contribution in [1.29, 1.82) is 0 Å².